The van der Waals surface area contributed by atoms with Crippen molar-refractivity contribution >= 4 is 10.9 Å². The predicted molar refractivity (Wildman–Crippen MR) is 127 cm³/mol. The molecule has 34 heavy (non-hydrogen) atoms. The number of nitrogens with one attached hydrogen (secondary N) is 1. The SMILES string of the molecule is C[C@@H]1Cc2c(ccc3[nH]ncc23)[C@@H](c2ccc(OCCN3CC(CF)C3)cn2)N1CC1(F)CC1. The van der Waals surface area contributed by atoms with Crippen molar-refractivity contribution in [3.8, 4) is 5.75 Å². The van der Waals surface area contributed by atoms with Gasteiger partial charge in [-0.2, -0.15) is 5.10 Å². The zero-order valence-electron chi connectivity index (χ0n) is 19.5. The van der Waals surface area contributed by atoms with E-state index in [0.29, 0.717) is 26.0 Å². The lowest BCUT2D eigenvalue weighted by molar-refractivity contribution is 0.0667. The van der Waals surface area contributed by atoms with E-state index in [1.165, 1.54) is 11.1 Å². The first-order valence-corrected chi connectivity index (χ1v) is 12.3. The van der Waals surface area contributed by atoms with E-state index in [2.05, 4.69) is 39.1 Å². The molecule has 2 aliphatic heterocycles. The number of H-pyrrole nitrogens is 1. The number of rotatable bonds is 8. The zero-order chi connectivity index (χ0) is 23.3. The number of aromatic nitrogens is 3. The molecule has 3 aliphatic rings. The Labute approximate surface area is 198 Å². The van der Waals surface area contributed by atoms with Crippen LogP contribution in [0, 0.1) is 5.92 Å². The highest BCUT2D eigenvalue weighted by atomic mass is 19.1. The highest BCUT2D eigenvalue weighted by Crippen LogP contribution is 2.46. The van der Waals surface area contributed by atoms with Crippen LogP contribution in [0.15, 0.2) is 36.7 Å². The second kappa shape index (κ2) is 8.57. The topological polar surface area (TPSA) is 57.3 Å². The number of alkyl halides is 2. The molecule has 6 rings (SSSR count). The number of ether oxygens (including phenoxy) is 1. The summed E-state index contributed by atoms with van der Waals surface area (Å²) >= 11 is 0. The maximum Gasteiger partial charge on any atom is 0.137 e. The molecule has 1 saturated heterocycles. The Hall–Kier alpha value is -2.58. The molecule has 2 aromatic heterocycles. The molecule has 2 atom stereocenters. The van der Waals surface area contributed by atoms with Crippen LogP contribution in [-0.4, -0.2) is 76.2 Å². The Morgan fingerprint density at radius 2 is 2.03 bits per heavy atom. The van der Waals surface area contributed by atoms with Crippen LogP contribution in [0.25, 0.3) is 10.9 Å². The molecular weight excluding hydrogens is 436 g/mol. The highest BCUT2D eigenvalue weighted by Gasteiger charge is 2.48. The number of likely N-dealkylation sites (tertiary alicyclic amines) is 1. The van der Waals surface area contributed by atoms with Gasteiger partial charge in [-0.3, -0.25) is 24.3 Å². The molecule has 1 aromatic carbocycles. The predicted octanol–water partition coefficient (Wildman–Crippen LogP) is 4.08. The van der Waals surface area contributed by atoms with Crippen molar-refractivity contribution in [2.24, 2.45) is 5.92 Å². The second-order valence-electron chi connectivity index (χ2n) is 10.3. The van der Waals surface area contributed by atoms with Gasteiger partial charge in [0.1, 0.15) is 18.0 Å². The number of halogens is 2. The molecule has 0 amide bonds. The third kappa shape index (κ3) is 4.07. The van der Waals surface area contributed by atoms with Crippen LogP contribution in [-0.2, 0) is 6.42 Å². The van der Waals surface area contributed by atoms with Crippen molar-refractivity contribution < 1.29 is 13.5 Å². The van der Waals surface area contributed by atoms with Gasteiger partial charge in [-0.15, -0.1) is 0 Å². The van der Waals surface area contributed by atoms with E-state index in [1.807, 2.05) is 18.3 Å². The molecule has 1 aliphatic carbocycles. The zero-order valence-corrected chi connectivity index (χ0v) is 19.5. The number of hydrogen-bond donors (Lipinski definition) is 1. The van der Waals surface area contributed by atoms with Gasteiger partial charge in [0.2, 0.25) is 0 Å². The van der Waals surface area contributed by atoms with E-state index in [4.69, 9.17) is 9.72 Å². The van der Waals surface area contributed by atoms with Crippen molar-refractivity contribution in [2.75, 3.05) is 39.5 Å². The third-order valence-corrected chi connectivity index (χ3v) is 7.69. The third-order valence-electron chi connectivity index (χ3n) is 7.69. The van der Waals surface area contributed by atoms with Gasteiger partial charge in [-0.05, 0) is 55.5 Å². The van der Waals surface area contributed by atoms with Gasteiger partial charge in [0, 0.05) is 43.5 Å². The van der Waals surface area contributed by atoms with Crippen molar-refractivity contribution in [1.29, 1.82) is 0 Å². The largest absolute Gasteiger partial charge is 0.491 e. The standard InChI is InChI=1S/C26H31F2N5O/c1-17-10-21-20(3-5-23-22(21)13-30-31-23)25(33(17)16-26(28)6-7-26)24-4-2-19(12-29-24)34-9-8-32-14-18(11-27)15-32/h2-5,12-13,17-18,25H,6-11,14-16H2,1H3,(H,30,31)/t17-,25+/m1/s1. The second-order valence-corrected chi connectivity index (χ2v) is 10.3. The summed E-state index contributed by atoms with van der Waals surface area (Å²) in [7, 11) is 0. The summed E-state index contributed by atoms with van der Waals surface area (Å²) in [6.45, 7) is 5.34. The summed E-state index contributed by atoms with van der Waals surface area (Å²) in [5.74, 6) is 0.906. The number of nitrogens with zero attached hydrogens (tertiary/aromatic N) is 4. The van der Waals surface area contributed by atoms with Gasteiger partial charge in [0.25, 0.3) is 0 Å². The molecule has 0 spiro atoms. The average molecular weight is 468 g/mol. The normalized spacial score (nSPS) is 24.7. The van der Waals surface area contributed by atoms with E-state index < -0.39 is 5.67 Å². The van der Waals surface area contributed by atoms with Crippen LogP contribution < -0.4 is 4.74 Å². The minimum atomic E-state index is -1.08. The molecule has 2 fully saturated rings. The summed E-state index contributed by atoms with van der Waals surface area (Å²) in [6.07, 6.45) is 5.80. The summed E-state index contributed by atoms with van der Waals surface area (Å²) in [6, 6.07) is 8.24. The number of fused-ring (bicyclic) bond motifs is 3. The van der Waals surface area contributed by atoms with Gasteiger partial charge in [0.05, 0.1) is 36.3 Å². The van der Waals surface area contributed by atoms with Crippen molar-refractivity contribution in [1.82, 2.24) is 25.0 Å². The number of aromatic amines is 1. The molecule has 0 bridgehead atoms. The number of pyridine rings is 1. The van der Waals surface area contributed by atoms with Crippen LogP contribution in [0.2, 0.25) is 0 Å². The first-order chi connectivity index (χ1) is 16.5. The fraction of sp³-hybridized carbons (Fsp3) is 0.538. The summed E-state index contributed by atoms with van der Waals surface area (Å²) in [5, 5.41) is 8.44. The Balaban J connectivity index is 1.24. The minimum absolute atomic E-state index is 0.112. The van der Waals surface area contributed by atoms with Crippen LogP contribution in [0.5, 0.6) is 5.75 Å². The lowest BCUT2D eigenvalue weighted by Crippen LogP contribution is -2.49. The smallest absolute Gasteiger partial charge is 0.137 e. The Bertz CT molecular complexity index is 1160. The van der Waals surface area contributed by atoms with Crippen molar-refractivity contribution in [3.63, 3.8) is 0 Å². The Morgan fingerprint density at radius 1 is 1.18 bits per heavy atom. The number of hydrogen-bond acceptors (Lipinski definition) is 5. The molecule has 4 heterocycles. The molecule has 6 nitrogen and oxygen atoms in total. The molecule has 180 valence electrons. The maximum absolute atomic E-state index is 15.0. The van der Waals surface area contributed by atoms with Gasteiger partial charge in [-0.25, -0.2) is 4.39 Å². The van der Waals surface area contributed by atoms with Gasteiger partial charge in [-0.1, -0.05) is 6.07 Å². The van der Waals surface area contributed by atoms with Crippen LogP contribution >= 0.6 is 0 Å². The summed E-state index contributed by atoms with van der Waals surface area (Å²) in [4.78, 5) is 9.27. The van der Waals surface area contributed by atoms with Crippen molar-refractivity contribution in [2.45, 2.75) is 43.9 Å². The van der Waals surface area contributed by atoms with Gasteiger partial charge >= 0.3 is 0 Å². The van der Waals surface area contributed by atoms with Gasteiger partial charge < -0.3 is 4.74 Å². The lowest BCUT2D eigenvalue weighted by Gasteiger charge is -2.42. The van der Waals surface area contributed by atoms with Crippen LogP contribution in [0.3, 0.4) is 0 Å². The first kappa shape index (κ1) is 21.9. The Morgan fingerprint density at radius 3 is 2.76 bits per heavy atom. The first-order valence-electron chi connectivity index (χ1n) is 12.3. The van der Waals surface area contributed by atoms with E-state index in [-0.39, 0.29) is 24.7 Å². The molecule has 0 radical (unpaired) electrons. The van der Waals surface area contributed by atoms with E-state index >= 15 is 0 Å². The summed E-state index contributed by atoms with van der Waals surface area (Å²) in [5.41, 5.74) is 3.30. The van der Waals surface area contributed by atoms with Crippen molar-refractivity contribution in [3.05, 3.63) is 53.5 Å². The number of benzene rings is 1. The Kier molecular flexibility index (Phi) is 5.53. The molecule has 0 unspecified atom stereocenters. The molecular formula is C26H31F2N5O. The van der Waals surface area contributed by atoms with E-state index in [0.717, 1.165) is 48.4 Å². The highest BCUT2D eigenvalue weighted by molar-refractivity contribution is 5.83. The average Bonchev–Trinajstić information content (AvgIpc) is 3.34. The lowest BCUT2D eigenvalue weighted by atomic mass is 9.85. The van der Waals surface area contributed by atoms with Crippen LogP contribution in [0.4, 0.5) is 8.78 Å². The fourth-order valence-electron chi connectivity index (χ4n) is 5.51. The van der Waals surface area contributed by atoms with Crippen LogP contribution in [0.1, 0.15) is 42.6 Å². The summed E-state index contributed by atoms with van der Waals surface area (Å²) < 4.78 is 33.4. The van der Waals surface area contributed by atoms with E-state index in [1.54, 1.807) is 6.20 Å². The molecule has 1 N–H and O–H groups in total. The monoisotopic (exact) mass is 467 g/mol. The quantitative estimate of drug-likeness (QED) is 0.541. The maximum atomic E-state index is 15.0. The van der Waals surface area contributed by atoms with E-state index in [9.17, 15) is 8.78 Å². The minimum Gasteiger partial charge on any atom is -0.491 e. The molecule has 1 saturated carbocycles. The molecule has 3 aromatic rings. The molecule has 8 heteroatoms. The fourth-order valence-corrected chi connectivity index (χ4v) is 5.51. The van der Waals surface area contributed by atoms with Gasteiger partial charge in [0.15, 0.2) is 0 Å².